The van der Waals surface area contributed by atoms with Crippen LogP contribution in [0.3, 0.4) is 0 Å². The predicted molar refractivity (Wildman–Crippen MR) is 115 cm³/mol. The van der Waals surface area contributed by atoms with Crippen LogP contribution in [-0.2, 0) is 4.79 Å². The fourth-order valence-corrected chi connectivity index (χ4v) is 3.31. The quantitative estimate of drug-likeness (QED) is 0.494. The first-order valence-electron chi connectivity index (χ1n) is 9.30. The molecule has 3 aromatic rings. The molecule has 0 atom stereocenters. The van der Waals surface area contributed by atoms with Gasteiger partial charge >= 0.3 is 12.1 Å². The van der Waals surface area contributed by atoms with Gasteiger partial charge in [-0.2, -0.15) is 0 Å². The summed E-state index contributed by atoms with van der Waals surface area (Å²) in [4.78, 5) is 38.1. The highest BCUT2D eigenvalue weighted by Gasteiger charge is 2.45. The van der Waals surface area contributed by atoms with Gasteiger partial charge in [-0.25, -0.2) is 14.5 Å². The zero-order chi connectivity index (χ0) is 21.5. The van der Waals surface area contributed by atoms with Crippen LogP contribution in [0.2, 0.25) is 0 Å². The van der Waals surface area contributed by atoms with Gasteiger partial charge in [0.2, 0.25) is 0 Å². The van der Waals surface area contributed by atoms with E-state index >= 15 is 0 Å². The average Bonchev–Trinajstić information content (AvgIpc) is 2.88. The summed E-state index contributed by atoms with van der Waals surface area (Å²) in [6.45, 7) is 3.27. The van der Waals surface area contributed by atoms with E-state index in [1.165, 1.54) is 0 Å². The zero-order valence-corrected chi connectivity index (χ0v) is 16.4. The summed E-state index contributed by atoms with van der Waals surface area (Å²) in [5, 5.41) is 19.3. The van der Waals surface area contributed by atoms with Gasteiger partial charge in [-0.1, -0.05) is 18.2 Å². The van der Waals surface area contributed by atoms with Crippen molar-refractivity contribution in [2.75, 3.05) is 15.5 Å². The van der Waals surface area contributed by atoms with E-state index in [4.69, 9.17) is 0 Å². The Balaban J connectivity index is 1.49. The minimum atomic E-state index is -0.981. The highest BCUT2D eigenvalue weighted by Crippen LogP contribution is 2.27. The molecule has 1 fully saturated rings. The summed E-state index contributed by atoms with van der Waals surface area (Å²) in [6, 6.07) is 15.8. The fourth-order valence-electron chi connectivity index (χ4n) is 3.31. The number of aromatic hydroxyl groups is 1. The lowest BCUT2D eigenvalue weighted by Gasteiger charge is -2.17. The van der Waals surface area contributed by atoms with Gasteiger partial charge in [0, 0.05) is 11.4 Å². The van der Waals surface area contributed by atoms with Crippen molar-refractivity contribution >= 4 is 45.8 Å². The molecular formula is C22H20N4O4. The fraction of sp³-hybridized carbons (Fsp3) is 0.136. The number of anilines is 3. The van der Waals surface area contributed by atoms with Gasteiger partial charge in [0.05, 0.1) is 5.69 Å². The Morgan fingerprint density at radius 1 is 0.933 bits per heavy atom. The lowest BCUT2D eigenvalue weighted by atomic mass is 10.1. The third kappa shape index (κ3) is 3.62. The number of imide groups is 1. The molecule has 0 saturated carbocycles. The molecule has 4 N–H and O–H groups in total. The Kier molecular flexibility index (Phi) is 4.54. The van der Waals surface area contributed by atoms with Crippen molar-refractivity contribution in [2.24, 2.45) is 0 Å². The van der Waals surface area contributed by atoms with E-state index in [1.807, 2.05) is 0 Å². The van der Waals surface area contributed by atoms with Crippen LogP contribution in [0.15, 0.2) is 60.7 Å². The van der Waals surface area contributed by atoms with Crippen molar-refractivity contribution in [1.82, 2.24) is 5.32 Å². The van der Waals surface area contributed by atoms with Crippen LogP contribution in [0.1, 0.15) is 13.8 Å². The third-order valence-electron chi connectivity index (χ3n) is 4.80. The Morgan fingerprint density at radius 2 is 1.60 bits per heavy atom. The molecule has 30 heavy (non-hydrogen) atoms. The summed E-state index contributed by atoms with van der Waals surface area (Å²) in [5.41, 5.74) is 0.398. The molecule has 0 aliphatic carbocycles. The Morgan fingerprint density at radius 3 is 2.30 bits per heavy atom. The monoisotopic (exact) mass is 404 g/mol. The van der Waals surface area contributed by atoms with E-state index in [9.17, 15) is 19.5 Å². The molecule has 5 amide bonds. The van der Waals surface area contributed by atoms with Crippen LogP contribution >= 0.6 is 0 Å². The largest absolute Gasteiger partial charge is 0.508 e. The number of carbonyl (C=O) groups is 3. The van der Waals surface area contributed by atoms with Crippen LogP contribution in [0.25, 0.3) is 10.8 Å². The van der Waals surface area contributed by atoms with Crippen molar-refractivity contribution in [3.8, 4) is 5.75 Å². The second-order valence-corrected chi connectivity index (χ2v) is 7.57. The molecule has 152 valence electrons. The van der Waals surface area contributed by atoms with Crippen LogP contribution in [0.4, 0.5) is 26.7 Å². The van der Waals surface area contributed by atoms with E-state index in [0.717, 1.165) is 15.7 Å². The Bertz CT molecular complexity index is 1190. The normalized spacial score (nSPS) is 15.2. The van der Waals surface area contributed by atoms with Crippen LogP contribution in [0.5, 0.6) is 5.75 Å². The summed E-state index contributed by atoms with van der Waals surface area (Å²) in [5.74, 6) is -0.189. The van der Waals surface area contributed by atoms with Gasteiger partial charge in [0.1, 0.15) is 11.3 Å². The minimum absolute atomic E-state index is 0.175. The first-order valence-corrected chi connectivity index (χ1v) is 9.30. The maximum atomic E-state index is 12.5. The zero-order valence-electron chi connectivity index (χ0n) is 16.4. The van der Waals surface area contributed by atoms with E-state index in [0.29, 0.717) is 17.1 Å². The smallest absolute Gasteiger partial charge is 0.329 e. The molecule has 0 spiro atoms. The number of hydrogen-bond donors (Lipinski definition) is 4. The number of rotatable bonds is 3. The van der Waals surface area contributed by atoms with Crippen molar-refractivity contribution in [1.29, 1.82) is 0 Å². The highest BCUT2D eigenvalue weighted by molar-refractivity contribution is 6.23. The van der Waals surface area contributed by atoms with Crippen LogP contribution in [-0.4, -0.2) is 28.6 Å². The van der Waals surface area contributed by atoms with Crippen molar-refractivity contribution in [3.63, 3.8) is 0 Å². The number of benzene rings is 3. The van der Waals surface area contributed by atoms with Gasteiger partial charge in [-0.3, -0.25) is 4.79 Å². The lowest BCUT2D eigenvalue weighted by molar-refractivity contribution is -0.121. The first kappa shape index (κ1) is 19.3. The van der Waals surface area contributed by atoms with Gasteiger partial charge in [0.25, 0.3) is 5.91 Å². The van der Waals surface area contributed by atoms with Gasteiger partial charge in [-0.15, -0.1) is 0 Å². The molecule has 1 heterocycles. The number of amides is 5. The number of urea groups is 2. The highest BCUT2D eigenvalue weighted by atomic mass is 16.3. The molecule has 1 saturated heterocycles. The molecule has 8 heteroatoms. The molecule has 4 rings (SSSR count). The average molecular weight is 404 g/mol. The topological polar surface area (TPSA) is 111 Å². The van der Waals surface area contributed by atoms with E-state index < -0.39 is 17.6 Å². The van der Waals surface area contributed by atoms with Crippen molar-refractivity contribution in [3.05, 3.63) is 60.7 Å². The summed E-state index contributed by atoms with van der Waals surface area (Å²) in [6.07, 6.45) is 0. The third-order valence-corrected chi connectivity index (χ3v) is 4.80. The van der Waals surface area contributed by atoms with E-state index in [1.54, 1.807) is 74.5 Å². The number of hydrogen-bond acceptors (Lipinski definition) is 4. The number of fused-ring (bicyclic) bond motifs is 1. The lowest BCUT2D eigenvalue weighted by Crippen LogP contribution is -2.40. The standard InChI is InChI=1S/C22H20N4O4/c1-22(2)19(28)26(21(30)25-22)17-5-3-4-15(12-17)23-20(29)24-16-8-6-14-11-18(27)9-7-13(14)10-16/h3-12,27H,1-2H3,(H,25,30)(H2,23,24,29). The second kappa shape index (κ2) is 7.07. The van der Waals surface area contributed by atoms with Gasteiger partial charge in [0.15, 0.2) is 0 Å². The number of nitrogens with one attached hydrogen (secondary N) is 3. The maximum absolute atomic E-state index is 12.5. The summed E-state index contributed by atoms with van der Waals surface area (Å²) in [7, 11) is 0. The Hall–Kier alpha value is -4.07. The molecule has 1 aliphatic rings. The predicted octanol–water partition coefficient (Wildman–Crippen LogP) is 4.02. The second-order valence-electron chi connectivity index (χ2n) is 7.57. The van der Waals surface area contributed by atoms with E-state index in [-0.39, 0.29) is 11.7 Å². The molecule has 0 bridgehead atoms. The molecule has 0 unspecified atom stereocenters. The number of phenolic OH excluding ortho intramolecular Hbond substituents is 1. The Labute approximate surface area is 172 Å². The SMILES string of the molecule is CC1(C)NC(=O)N(c2cccc(NC(=O)Nc3ccc4cc(O)ccc4c3)c2)C1=O. The van der Waals surface area contributed by atoms with E-state index in [2.05, 4.69) is 16.0 Å². The van der Waals surface area contributed by atoms with Crippen molar-refractivity contribution < 1.29 is 19.5 Å². The van der Waals surface area contributed by atoms with Crippen LogP contribution in [0, 0.1) is 0 Å². The molecule has 0 aromatic heterocycles. The number of carbonyl (C=O) groups excluding carboxylic acids is 3. The number of phenols is 1. The van der Waals surface area contributed by atoms with Gasteiger partial charge < -0.3 is 21.1 Å². The maximum Gasteiger partial charge on any atom is 0.329 e. The first-order chi connectivity index (χ1) is 14.2. The summed E-state index contributed by atoms with van der Waals surface area (Å²) < 4.78 is 0. The molecule has 3 aromatic carbocycles. The van der Waals surface area contributed by atoms with Gasteiger partial charge in [-0.05, 0) is 67.1 Å². The molecule has 8 nitrogen and oxygen atoms in total. The molecule has 0 radical (unpaired) electrons. The molecular weight excluding hydrogens is 384 g/mol. The van der Waals surface area contributed by atoms with Crippen LogP contribution < -0.4 is 20.9 Å². The van der Waals surface area contributed by atoms with Crippen molar-refractivity contribution in [2.45, 2.75) is 19.4 Å². The summed E-state index contributed by atoms with van der Waals surface area (Å²) >= 11 is 0. The molecule has 1 aliphatic heterocycles. The minimum Gasteiger partial charge on any atom is -0.508 e. The number of nitrogens with zero attached hydrogens (tertiary/aromatic N) is 1.